The molecule has 0 aromatic rings. The van der Waals surface area contributed by atoms with Crippen LogP contribution in [0.3, 0.4) is 0 Å². The summed E-state index contributed by atoms with van der Waals surface area (Å²) >= 11 is 0. The molecule has 0 aliphatic heterocycles. The molecule has 0 rings (SSSR count). The van der Waals surface area contributed by atoms with Gasteiger partial charge in [-0.15, -0.1) is 0 Å². The minimum Gasteiger partial charge on any atom is -0.478 e. The molecule has 0 saturated carbocycles. The number of carbonyl (C=O) groups is 2. The second-order valence-electron chi connectivity index (χ2n) is 8.56. The maximum Gasteiger partial charge on any atom is 0.327 e. The minimum atomic E-state index is -0.935. The Bertz CT molecular complexity index is 645. The molecule has 2 atom stereocenters. The molecular weight excluding hydrogens is 348 g/mol. The normalized spacial score (nSPS) is 15.8. The van der Waals surface area contributed by atoms with Crippen LogP contribution in [0, 0.1) is 17.3 Å². The molecule has 0 aliphatic carbocycles. The van der Waals surface area contributed by atoms with Gasteiger partial charge in [0.1, 0.15) is 5.78 Å². The maximum atomic E-state index is 12.4. The van der Waals surface area contributed by atoms with Crippen LogP contribution < -0.4 is 0 Å². The SMILES string of the molecule is C=C/C(C)=C/C(C)C/C=C/C(C)=C/CC(=O)C(C)CC(C)(C)C/C=C/C(=O)O. The van der Waals surface area contributed by atoms with E-state index in [-0.39, 0.29) is 17.1 Å². The van der Waals surface area contributed by atoms with Gasteiger partial charge in [0.2, 0.25) is 0 Å². The third kappa shape index (κ3) is 13.1. The molecule has 1 N–H and O–H groups in total. The van der Waals surface area contributed by atoms with Crippen molar-refractivity contribution in [3.05, 3.63) is 60.3 Å². The lowest BCUT2D eigenvalue weighted by atomic mass is 9.79. The van der Waals surface area contributed by atoms with E-state index < -0.39 is 5.97 Å². The van der Waals surface area contributed by atoms with Crippen molar-refractivity contribution < 1.29 is 14.7 Å². The fourth-order valence-electron chi connectivity index (χ4n) is 3.09. The van der Waals surface area contributed by atoms with Crippen LogP contribution in [0.5, 0.6) is 0 Å². The number of carbonyl (C=O) groups excluding carboxylic acids is 1. The van der Waals surface area contributed by atoms with Crippen molar-refractivity contribution >= 4 is 11.8 Å². The summed E-state index contributed by atoms with van der Waals surface area (Å²) in [5.74, 6) is -0.301. The Morgan fingerprint density at radius 3 is 2.29 bits per heavy atom. The van der Waals surface area contributed by atoms with Crippen molar-refractivity contribution in [2.24, 2.45) is 17.3 Å². The van der Waals surface area contributed by atoms with Gasteiger partial charge >= 0.3 is 5.97 Å². The summed E-state index contributed by atoms with van der Waals surface area (Å²) in [5, 5.41) is 8.68. The van der Waals surface area contributed by atoms with Gasteiger partial charge in [-0.1, -0.05) is 81.9 Å². The summed E-state index contributed by atoms with van der Waals surface area (Å²) in [6, 6.07) is 0. The first kappa shape index (κ1) is 25.8. The lowest BCUT2D eigenvalue weighted by Crippen LogP contribution is -2.20. The molecule has 2 unspecified atom stereocenters. The maximum absolute atomic E-state index is 12.4. The standard InChI is InChI=1S/C25H38O3/c1-8-19(2)17-21(4)12-9-11-20(3)14-15-23(26)22(5)18-25(6,7)16-10-13-24(27)28/h8-11,13-14,17,21-22H,1,12,15-16,18H2,2-7H3,(H,27,28)/b11-9+,13-10+,19-17+,20-14+. The average Bonchev–Trinajstić information content (AvgIpc) is 2.58. The molecular formula is C25H38O3. The van der Waals surface area contributed by atoms with Gasteiger partial charge in [0.05, 0.1) is 0 Å². The Morgan fingerprint density at radius 1 is 1.07 bits per heavy atom. The molecule has 0 amide bonds. The summed E-state index contributed by atoms with van der Waals surface area (Å²) in [4.78, 5) is 23.0. The zero-order valence-electron chi connectivity index (χ0n) is 18.5. The first-order valence-electron chi connectivity index (χ1n) is 10.0. The summed E-state index contributed by atoms with van der Waals surface area (Å²) in [7, 11) is 0. The highest BCUT2D eigenvalue weighted by atomic mass is 16.4. The van der Waals surface area contributed by atoms with Crippen LogP contribution in [0.2, 0.25) is 0 Å². The van der Waals surface area contributed by atoms with E-state index in [1.807, 2.05) is 26.0 Å². The van der Waals surface area contributed by atoms with Gasteiger partial charge in [0, 0.05) is 18.4 Å². The quantitative estimate of drug-likeness (QED) is 0.283. The van der Waals surface area contributed by atoms with E-state index >= 15 is 0 Å². The van der Waals surface area contributed by atoms with Gasteiger partial charge in [-0.05, 0) is 44.4 Å². The van der Waals surface area contributed by atoms with Gasteiger partial charge in [0.15, 0.2) is 0 Å². The van der Waals surface area contributed by atoms with E-state index in [0.717, 1.165) is 18.4 Å². The molecule has 3 heteroatoms. The number of allylic oxidation sites excluding steroid dienone is 8. The highest BCUT2D eigenvalue weighted by molar-refractivity contribution is 5.82. The topological polar surface area (TPSA) is 54.4 Å². The molecule has 0 spiro atoms. The lowest BCUT2D eigenvalue weighted by molar-refractivity contribution is -0.131. The molecule has 0 aliphatic rings. The van der Waals surface area contributed by atoms with Crippen molar-refractivity contribution in [2.45, 2.75) is 67.2 Å². The van der Waals surface area contributed by atoms with E-state index in [1.165, 1.54) is 11.6 Å². The average molecular weight is 387 g/mol. The van der Waals surface area contributed by atoms with Crippen LogP contribution in [-0.4, -0.2) is 16.9 Å². The zero-order chi connectivity index (χ0) is 21.7. The fourth-order valence-corrected chi connectivity index (χ4v) is 3.09. The molecule has 3 nitrogen and oxygen atoms in total. The van der Waals surface area contributed by atoms with Crippen LogP contribution in [0.4, 0.5) is 0 Å². The molecule has 0 aromatic carbocycles. The van der Waals surface area contributed by atoms with Gasteiger partial charge in [0.25, 0.3) is 0 Å². The van der Waals surface area contributed by atoms with Crippen molar-refractivity contribution in [3.63, 3.8) is 0 Å². The molecule has 0 heterocycles. The molecule has 0 saturated heterocycles. The van der Waals surface area contributed by atoms with Crippen LogP contribution >= 0.6 is 0 Å². The number of ketones is 1. The third-order valence-corrected chi connectivity index (χ3v) is 4.72. The minimum absolute atomic E-state index is 0.0479. The van der Waals surface area contributed by atoms with Crippen molar-refractivity contribution in [3.8, 4) is 0 Å². The van der Waals surface area contributed by atoms with Crippen molar-refractivity contribution in [1.29, 1.82) is 0 Å². The summed E-state index contributed by atoms with van der Waals surface area (Å²) in [6.07, 6.45) is 15.9. The Balaban J connectivity index is 4.54. The Morgan fingerprint density at radius 2 is 1.71 bits per heavy atom. The zero-order valence-corrected chi connectivity index (χ0v) is 18.5. The molecule has 0 radical (unpaired) electrons. The number of carboxylic acids is 1. The second-order valence-corrected chi connectivity index (χ2v) is 8.56. The van der Waals surface area contributed by atoms with Gasteiger partial charge in [-0.25, -0.2) is 4.79 Å². The summed E-state index contributed by atoms with van der Waals surface area (Å²) < 4.78 is 0. The highest BCUT2D eigenvalue weighted by Crippen LogP contribution is 2.30. The van der Waals surface area contributed by atoms with E-state index in [0.29, 0.717) is 18.8 Å². The predicted molar refractivity (Wildman–Crippen MR) is 119 cm³/mol. The van der Waals surface area contributed by atoms with Crippen molar-refractivity contribution in [1.82, 2.24) is 0 Å². The smallest absolute Gasteiger partial charge is 0.327 e. The summed E-state index contributed by atoms with van der Waals surface area (Å²) in [5.41, 5.74) is 2.18. The predicted octanol–water partition coefficient (Wildman–Crippen LogP) is 6.69. The molecule has 28 heavy (non-hydrogen) atoms. The first-order valence-corrected chi connectivity index (χ1v) is 10.0. The molecule has 156 valence electrons. The number of rotatable bonds is 13. The third-order valence-electron chi connectivity index (χ3n) is 4.72. The molecule has 0 aromatic heterocycles. The van der Waals surface area contributed by atoms with Gasteiger partial charge < -0.3 is 5.11 Å². The number of aliphatic carboxylic acids is 1. The van der Waals surface area contributed by atoms with E-state index in [9.17, 15) is 9.59 Å². The summed E-state index contributed by atoms with van der Waals surface area (Å²) in [6.45, 7) is 16.1. The van der Waals surface area contributed by atoms with Crippen LogP contribution in [-0.2, 0) is 9.59 Å². The fraction of sp³-hybridized carbons (Fsp3) is 0.520. The van der Waals surface area contributed by atoms with E-state index in [4.69, 9.17) is 5.11 Å². The number of hydrogen-bond donors (Lipinski definition) is 1. The van der Waals surface area contributed by atoms with E-state index in [2.05, 4.69) is 52.5 Å². The van der Waals surface area contributed by atoms with Crippen LogP contribution in [0.1, 0.15) is 67.2 Å². The Kier molecular flexibility index (Phi) is 12.1. The first-order chi connectivity index (χ1) is 13.0. The highest BCUT2D eigenvalue weighted by Gasteiger charge is 2.23. The van der Waals surface area contributed by atoms with Gasteiger partial charge in [-0.3, -0.25) is 4.79 Å². The lowest BCUT2D eigenvalue weighted by Gasteiger charge is -2.26. The van der Waals surface area contributed by atoms with Crippen LogP contribution in [0.15, 0.2) is 60.3 Å². The largest absolute Gasteiger partial charge is 0.478 e. The van der Waals surface area contributed by atoms with Gasteiger partial charge in [-0.2, -0.15) is 0 Å². The monoisotopic (exact) mass is 386 g/mol. The molecule has 0 fully saturated rings. The second kappa shape index (κ2) is 13.1. The Hall–Kier alpha value is -2.16. The number of Topliss-reactive ketones (excluding diaryl/α,β-unsaturated/α-hetero) is 1. The van der Waals surface area contributed by atoms with E-state index in [1.54, 1.807) is 6.08 Å². The number of carboxylic acid groups (broad SMARTS) is 1. The Labute approximate surface area is 171 Å². The van der Waals surface area contributed by atoms with Crippen LogP contribution in [0.25, 0.3) is 0 Å². The number of hydrogen-bond acceptors (Lipinski definition) is 2. The van der Waals surface area contributed by atoms with Crippen molar-refractivity contribution in [2.75, 3.05) is 0 Å². The molecule has 0 bridgehead atoms.